The second-order valence-corrected chi connectivity index (χ2v) is 14.9. The highest BCUT2D eigenvalue weighted by Gasteiger charge is 2.41. The fraction of sp³-hybridized carbons (Fsp3) is 1.00. The Morgan fingerprint density at radius 3 is 0.833 bits per heavy atom. The minimum atomic E-state index is -5.39. The van der Waals surface area contributed by atoms with Crippen LogP contribution in [0, 0.1) is 0 Å². The van der Waals surface area contributed by atoms with Gasteiger partial charge in [-0.05, 0) is 41.5 Å². The lowest BCUT2D eigenvalue weighted by Crippen LogP contribution is -2.02. The monoisotopic (exact) mass is 660 g/mol. The molecule has 0 amide bonds. The molecule has 222 valence electrons. The van der Waals surface area contributed by atoms with Gasteiger partial charge in [-0.3, -0.25) is 13.6 Å². The van der Waals surface area contributed by atoms with Crippen LogP contribution in [0.3, 0.4) is 0 Å². The molecule has 9 N–H and O–H groups in total. The third-order valence-electron chi connectivity index (χ3n) is 1.66. The van der Waals surface area contributed by atoms with Gasteiger partial charge in [0.25, 0.3) is 0 Å². The van der Waals surface area contributed by atoms with Gasteiger partial charge in [0.05, 0.1) is 18.3 Å². The van der Waals surface area contributed by atoms with Crippen LogP contribution in [0.4, 0.5) is 0 Å². The van der Waals surface area contributed by atoms with E-state index < -0.39 is 65.2 Å². The summed E-state index contributed by atoms with van der Waals surface area (Å²) in [6.45, 7) is 8.62. The van der Waals surface area contributed by atoms with Gasteiger partial charge >= 0.3 is 46.9 Å². The van der Waals surface area contributed by atoms with Crippen LogP contribution in [0.15, 0.2) is 0 Å². The first-order chi connectivity index (χ1) is 15.4. The van der Waals surface area contributed by atoms with Crippen LogP contribution in [0.5, 0.6) is 0 Å². The smallest absolute Gasteiger partial charge is 0.303 e. The minimum Gasteiger partial charge on any atom is -0.303 e. The minimum absolute atomic E-state index is 0.421. The summed E-state index contributed by atoms with van der Waals surface area (Å²) < 4.78 is 85.6. The van der Waals surface area contributed by atoms with Gasteiger partial charge < -0.3 is 44.0 Å². The first-order valence-corrected chi connectivity index (χ1v) is 17.8. The molecular weight excluding hydrogens is 630 g/mol. The Kier molecular flexibility index (Phi) is 18.5. The fourth-order valence-corrected chi connectivity index (χ4v) is 6.76. The van der Waals surface area contributed by atoms with Crippen LogP contribution in [0.25, 0.3) is 0 Å². The molecule has 0 aromatic rings. The van der Waals surface area contributed by atoms with E-state index >= 15 is 0 Å². The number of rotatable bonds is 12. The van der Waals surface area contributed by atoms with Crippen LogP contribution >= 0.6 is 46.9 Å². The van der Waals surface area contributed by atoms with Crippen LogP contribution in [0.2, 0.25) is 0 Å². The summed E-state index contributed by atoms with van der Waals surface area (Å²) in [5, 5.41) is 0. The van der Waals surface area contributed by atoms with Gasteiger partial charge in [0.2, 0.25) is 0 Å². The summed E-state index contributed by atoms with van der Waals surface area (Å²) in [6, 6.07) is 0. The van der Waals surface area contributed by atoms with Crippen molar-refractivity contribution in [3.05, 3.63) is 0 Å². The Hall–Kier alpha value is 0.780. The predicted octanol–water partition coefficient (Wildman–Crippen LogP) is 1.86. The summed E-state index contributed by atoms with van der Waals surface area (Å²) in [5.41, 5.74) is 0. The van der Waals surface area contributed by atoms with Crippen LogP contribution in [-0.4, -0.2) is 62.4 Å². The topological polar surface area (TPSA) is 340 Å². The lowest BCUT2D eigenvalue weighted by atomic mass is 10.5. The number of phosphoric ester groups is 3. The second-order valence-electron chi connectivity index (χ2n) is 6.58. The zero-order chi connectivity index (χ0) is 30.0. The number of hydrogen-bond acceptors (Lipinski definition) is 12. The van der Waals surface area contributed by atoms with E-state index in [1.165, 1.54) is 27.7 Å². The molecule has 0 aromatic heterocycles. The van der Waals surface area contributed by atoms with Crippen molar-refractivity contribution >= 4 is 46.9 Å². The van der Waals surface area contributed by atoms with E-state index in [1.807, 2.05) is 0 Å². The van der Waals surface area contributed by atoms with E-state index in [1.54, 1.807) is 13.8 Å². The SMILES string of the molecule is CC(C)OP(=O)(O)O.CC(C)OP(=O)(O)OP(=O)(O)O.CC(C)OP(=O)(O)OP(=O)(O)OP(=O)(O)O. The molecule has 3 atom stereocenters. The van der Waals surface area contributed by atoms with Crippen molar-refractivity contribution in [3.8, 4) is 0 Å². The highest BCUT2D eigenvalue weighted by atomic mass is 31.3. The van der Waals surface area contributed by atoms with Crippen LogP contribution < -0.4 is 0 Å². The van der Waals surface area contributed by atoms with Crippen molar-refractivity contribution < 1.29 is 97.9 Å². The van der Waals surface area contributed by atoms with E-state index in [4.69, 9.17) is 44.0 Å². The van der Waals surface area contributed by atoms with Crippen LogP contribution in [-0.2, 0) is 53.9 Å². The van der Waals surface area contributed by atoms with Crippen LogP contribution in [0.1, 0.15) is 41.5 Å². The third kappa shape index (κ3) is 34.8. The molecule has 0 fully saturated rings. The van der Waals surface area contributed by atoms with Crippen molar-refractivity contribution in [2.75, 3.05) is 0 Å². The largest absolute Gasteiger partial charge is 0.490 e. The van der Waals surface area contributed by atoms with Gasteiger partial charge in [0.15, 0.2) is 0 Å². The Morgan fingerprint density at radius 1 is 0.389 bits per heavy atom. The fourth-order valence-electron chi connectivity index (χ4n) is 1.26. The van der Waals surface area contributed by atoms with Gasteiger partial charge in [0, 0.05) is 0 Å². The highest BCUT2D eigenvalue weighted by Crippen LogP contribution is 2.66. The second kappa shape index (κ2) is 16.1. The third-order valence-corrected chi connectivity index (χ3v) is 8.74. The maximum atomic E-state index is 11.0. The molecule has 0 aromatic carbocycles. The molecule has 0 rings (SSSR count). The van der Waals surface area contributed by atoms with Crippen molar-refractivity contribution in [1.29, 1.82) is 0 Å². The molecule has 0 aliphatic heterocycles. The number of phosphoric acid groups is 6. The van der Waals surface area contributed by atoms with Gasteiger partial charge in [-0.25, -0.2) is 27.4 Å². The normalized spacial score (nSPS) is 17.8. The first-order valence-electron chi connectivity index (χ1n) is 8.71. The summed E-state index contributed by atoms with van der Waals surface area (Å²) in [6.07, 6.45) is -1.89. The van der Waals surface area contributed by atoms with Crippen molar-refractivity contribution in [3.63, 3.8) is 0 Å². The molecule has 0 aliphatic carbocycles. The highest BCUT2D eigenvalue weighted by molar-refractivity contribution is 7.66. The summed E-state index contributed by atoms with van der Waals surface area (Å²) >= 11 is 0. The van der Waals surface area contributed by atoms with E-state index in [2.05, 4.69) is 26.5 Å². The van der Waals surface area contributed by atoms with E-state index in [-0.39, 0.29) is 0 Å². The van der Waals surface area contributed by atoms with Crippen molar-refractivity contribution in [2.24, 2.45) is 0 Å². The zero-order valence-corrected chi connectivity index (χ0v) is 24.7. The molecule has 0 saturated heterocycles. The Bertz CT molecular complexity index is 924. The molecule has 36 heavy (non-hydrogen) atoms. The lowest BCUT2D eigenvalue weighted by Gasteiger charge is -2.17. The summed E-state index contributed by atoms with van der Waals surface area (Å²) in [4.78, 5) is 75.0. The van der Waals surface area contributed by atoms with Crippen molar-refractivity contribution in [2.45, 2.75) is 59.9 Å². The van der Waals surface area contributed by atoms with Gasteiger partial charge in [-0.2, -0.15) is 12.9 Å². The average Bonchev–Trinajstić information content (AvgIpc) is 2.33. The molecule has 0 bridgehead atoms. The standard InChI is InChI=1S/C3H11O10P3.C3H10O7P2.C3H9O4P/c1-3(2)11-15(7,8)13-16(9,10)12-14(4,5)6;1-3(2)9-12(7,8)10-11(4,5)6;1-3(2)7-8(4,5)6/h3H,1-2H3,(H,7,8)(H,9,10)(H2,4,5,6);3H,1-2H3,(H,7,8)(H2,4,5,6);3H,1-2H3,(H2,4,5,6). The van der Waals surface area contributed by atoms with E-state index in [0.717, 1.165) is 0 Å². The molecule has 27 heteroatoms. The summed E-state index contributed by atoms with van der Waals surface area (Å²) in [5.74, 6) is 0. The Labute approximate surface area is 205 Å². The quantitative estimate of drug-likeness (QED) is 0.135. The molecule has 0 saturated carbocycles. The van der Waals surface area contributed by atoms with E-state index in [0.29, 0.717) is 0 Å². The van der Waals surface area contributed by atoms with Gasteiger partial charge in [-0.1, -0.05) is 0 Å². The average molecular weight is 660 g/mol. The Balaban J connectivity index is -0.000000481. The molecular formula is C9H30O21P6. The molecule has 21 nitrogen and oxygen atoms in total. The maximum Gasteiger partial charge on any atom is 0.490 e. The molecule has 0 radical (unpaired) electrons. The molecule has 0 aliphatic rings. The first kappa shape index (κ1) is 41.3. The van der Waals surface area contributed by atoms with Crippen molar-refractivity contribution in [1.82, 2.24) is 0 Å². The molecule has 0 heterocycles. The maximum absolute atomic E-state index is 11.0. The number of hydrogen-bond donors (Lipinski definition) is 9. The summed E-state index contributed by atoms with van der Waals surface area (Å²) in [7, 11) is -29.5. The zero-order valence-electron chi connectivity index (χ0n) is 19.3. The lowest BCUT2D eigenvalue weighted by molar-refractivity contribution is 0.142. The molecule has 0 spiro atoms. The van der Waals surface area contributed by atoms with E-state index in [9.17, 15) is 27.4 Å². The predicted molar refractivity (Wildman–Crippen MR) is 118 cm³/mol. The molecule has 3 unspecified atom stereocenters. The van der Waals surface area contributed by atoms with Gasteiger partial charge in [-0.15, -0.1) is 0 Å². The van der Waals surface area contributed by atoms with Gasteiger partial charge in [0.1, 0.15) is 0 Å². The Morgan fingerprint density at radius 2 is 0.639 bits per heavy atom.